The summed E-state index contributed by atoms with van der Waals surface area (Å²) in [5.41, 5.74) is 8.93. The predicted molar refractivity (Wildman–Crippen MR) is 100 cm³/mol. The molecule has 0 aliphatic carbocycles. The molecule has 1 radical (unpaired) electrons. The summed E-state index contributed by atoms with van der Waals surface area (Å²) >= 11 is 0. The van der Waals surface area contributed by atoms with Crippen LogP contribution in [-0.4, -0.2) is 15.2 Å². The van der Waals surface area contributed by atoms with E-state index in [1.807, 2.05) is 18.2 Å². The fraction of sp³-hybridized carbons (Fsp3) is 0.227. The molecule has 1 aromatic heterocycles. The first-order valence-corrected chi connectivity index (χ1v) is 8.33. The molecular formula is C22H22IrNO2-. The maximum atomic E-state index is 9.86. The van der Waals surface area contributed by atoms with Crippen molar-refractivity contribution in [2.75, 3.05) is 0 Å². The van der Waals surface area contributed by atoms with Gasteiger partial charge in [0.1, 0.15) is 0 Å². The van der Waals surface area contributed by atoms with E-state index >= 15 is 0 Å². The number of pyridine rings is 1. The zero-order valence-corrected chi connectivity index (χ0v) is 17.5. The molecule has 137 valence electrons. The summed E-state index contributed by atoms with van der Waals surface area (Å²) in [5, 5.41) is 19.2. The third-order valence-electron chi connectivity index (χ3n) is 4.42. The van der Waals surface area contributed by atoms with Gasteiger partial charge in [-0.15, -0.1) is 29.3 Å². The van der Waals surface area contributed by atoms with Crippen LogP contribution in [0, 0.1) is 26.8 Å². The van der Waals surface area contributed by atoms with Gasteiger partial charge in [0.25, 0.3) is 0 Å². The first-order chi connectivity index (χ1) is 12.0. The maximum Gasteiger partial charge on any atom is 0.0675 e. The minimum absolute atomic E-state index is 0. The van der Waals surface area contributed by atoms with Gasteiger partial charge in [0, 0.05) is 32.9 Å². The summed E-state index contributed by atoms with van der Waals surface area (Å²) < 4.78 is 0. The third kappa shape index (κ3) is 4.11. The van der Waals surface area contributed by atoms with Gasteiger partial charge in [0.05, 0.1) is 6.61 Å². The van der Waals surface area contributed by atoms with E-state index in [2.05, 4.69) is 44.0 Å². The van der Waals surface area contributed by atoms with E-state index in [1.165, 1.54) is 22.3 Å². The van der Waals surface area contributed by atoms with Crippen molar-refractivity contribution in [3.63, 3.8) is 0 Å². The molecule has 4 heteroatoms. The first kappa shape index (κ1) is 20.5. The van der Waals surface area contributed by atoms with E-state index in [1.54, 1.807) is 12.3 Å². The monoisotopic (exact) mass is 525 g/mol. The number of aryl methyl sites for hydroxylation is 3. The summed E-state index contributed by atoms with van der Waals surface area (Å²) in [7, 11) is 0. The molecule has 2 N–H and O–H groups in total. The van der Waals surface area contributed by atoms with Gasteiger partial charge in [-0.05, 0) is 38.1 Å². The van der Waals surface area contributed by atoms with E-state index < -0.39 is 0 Å². The molecule has 0 spiro atoms. The van der Waals surface area contributed by atoms with Crippen LogP contribution in [0.3, 0.4) is 0 Å². The molecule has 3 aromatic rings. The average Bonchev–Trinajstić information content (AvgIpc) is 2.60. The molecule has 0 aliphatic rings. The van der Waals surface area contributed by atoms with Crippen LogP contribution in [0.4, 0.5) is 0 Å². The first-order valence-electron chi connectivity index (χ1n) is 8.33. The summed E-state index contributed by atoms with van der Waals surface area (Å²) in [6, 6.07) is 15.2. The molecule has 0 aliphatic heterocycles. The largest absolute Gasteiger partial charge is 0.401 e. The van der Waals surface area contributed by atoms with Crippen LogP contribution in [0.25, 0.3) is 22.4 Å². The van der Waals surface area contributed by atoms with E-state index in [0.29, 0.717) is 5.69 Å². The number of aromatic nitrogens is 1. The Morgan fingerprint density at radius 1 is 0.962 bits per heavy atom. The van der Waals surface area contributed by atoms with Crippen LogP contribution in [0.1, 0.15) is 27.8 Å². The van der Waals surface area contributed by atoms with Crippen molar-refractivity contribution >= 4 is 0 Å². The zero-order chi connectivity index (χ0) is 18.0. The SMILES string of the molecule is Cc1cc(C)c(-c2c[c-]c(-c3cc(CO)ccn3)c(CO)c2)c(C)c1.[Ir]. The second-order valence-electron chi connectivity index (χ2n) is 6.43. The molecular weight excluding hydrogens is 502 g/mol. The maximum absolute atomic E-state index is 9.86. The van der Waals surface area contributed by atoms with Crippen molar-refractivity contribution in [1.29, 1.82) is 0 Å². The van der Waals surface area contributed by atoms with E-state index in [0.717, 1.165) is 22.3 Å². The molecule has 2 aromatic carbocycles. The van der Waals surface area contributed by atoms with Crippen molar-refractivity contribution in [2.24, 2.45) is 0 Å². The summed E-state index contributed by atoms with van der Waals surface area (Å²) in [4.78, 5) is 4.36. The Hall–Kier alpha value is -1.84. The number of hydrogen-bond acceptors (Lipinski definition) is 3. The summed E-state index contributed by atoms with van der Waals surface area (Å²) in [5.74, 6) is 0. The summed E-state index contributed by atoms with van der Waals surface area (Å²) in [6.45, 7) is 6.18. The minimum atomic E-state index is -0.0886. The number of hydrogen-bond donors (Lipinski definition) is 2. The molecule has 0 bridgehead atoms. The van der Waals surface area contributed by atoms with E-state index in [-0.39, 0.29) is 33.3 Å². The van der Waals surface area contributed by atoms with Crippen LogP contribution >= 0.6 is 0 Å². The van der Waals surface area contributed by atoms with Crippen LogP contribution in [-0.2, 0) is 33.3 Å². The molecule has 0 amide bonds. The van der Waals surface area contributed by atoms with Gasteiger partial charge in [-0.2, -0.15) is 0 Å². The predicted octanol–water partition coefficient (Wildman–Crippen LogP) is 4.12. The molecule has 26 heavy (non-hydrogen) atoms. The Balaban J connectivity index is 0.00000243. The van der Waals surface area contributed by atoms with Crippen molar-refractivity contribution in [3.8, 4) is 22.4 Å². The zero-order valence-electron chi connectivity index (χ0n) is 15.1. The van der Waals surface area contributed by atoms with Crippen molar-refractivity contribution in [1.82, 2.24) is 4.98 Å². The van der Waals surface area contributed by atoms with Gasteiger partial charge in [0.15, 0.2) is 0 Å². The fourth-order valence-corrected chi connectivity index (χ4v) is 3.40. The van der Waals surface area contributed by atoms with Crippen LogP contribution in [0.15, 0.2) is 42.6 Å². The molecule has 3 nitrogen and oxygen atoms in total. The van der Waals surface area contributed by atoms with E-state index in [9.17, 15) is 10.2 Å². The molecule has 0 atom stereocenters. The van der Waals surface area contributed by atoms with Gasteiger partial charge in [-0.3, -0.25) is 0 Å². The van der Waals surface area contributed by atoms with Crippen LogP contribution < -0.4 is 0 Å². The molecule has 0 saturated carbocycles. The smallest absolute Gasteiger partial charge is 0.0675 e. The van der Waals surface area contributed by atoms with Gasteiger partial charge in [-0.1, -0.05) is 46.0 Å². The standard InChI is InChI=1S/C22H22NO2.Ir/c1-14-8-15(2)22(16(3)9-14)18-4-5-20(19(11-18)13-25)21-10-17(12-24)6-7-23-21;/h4,6-11,24-25H,12-13H2,1-3H3;/q-1;. The Morgan fingerprint density at radius 2 is 1.65 bits per heavy atom. The van der Waals surface area contributed by atoms with Crippen molar-refractivity contribution < 1.29 is 30.3 Å². The number of aliphatic hydroxyl groups excluding tert-OH is 2. The van der Waals surface area contributed by atoms with Gasteiger partial charge in [0.2, 0.25) is 0 Å². The topological polar surface area (TPSA) is 53.4 Å². The minimum Gasteiger partial charge on any atom is -0.401 e. The second kappa shape index (κ2) is 8.70. The normalized spacial score (nSPS) is 10.5. The fourth-order valence-electron chi connectivity index (χ4n) is 3.40. The van der Waals surface area contributed by atoms with Crippen LogP contribution in [0.2, 0.25) is 0 Å². The summed E-state index contributed by atoms with van der Waals surface area (Å²) in [6.07, 6.45) is 1.66. The second-order valence-corrected chi connectivity index (χ2v) is 6.43. The molecule has 0 unspecified atom stereocenters. The molecule has 3 rings (SSSR count). The van der Waals surface area contributed by atoms with Crippen molar-refractivity contribution in [3.05, 3.63) is 76.5 Å². The van der Waals surface area contributed by atoms with Gasteiger partial charge in [-0.25, -0.2) is 0 Å². The van der Waals surface area contributed by atoms with Crippen molar-refractivity contribution in [2.45, 2.75) is 34.0 Å². The number of aliphatic hydroxyl groups is 2. The van der Waals surface area contributed by atoms with Crippen LogP contribution in [0.5, 0.6) is 0 Å². The Kier molecular flexibility index (Phi) is 6.85. The number of nitrogens with zero attached hydrogens (tertiary/aromatic N) is 1. The Labute approximate surface area is 168 Å². The number of benzene rings is 2. The Bertz CT molecular complexity index is 899. The molecule has 1 heterocycles. The van der Waals surface area contributed by atoms with E-state index in [4.69, 9.17) is 0 Å². The third-order valence-corrected chi connectivity index (χ3v) is 4.42. The average molecular weight is 525 g/mol. The quantitative estimate of drug-likeness (QED) is 0.505. The molecule has 0 fully saturated rings. The van der Waals surface area contributed by atoms with Gasteiger partial charge < -0.3 is 15.2 Å². The Morgan fingerprint density at radius 3 is 2.27 bits per heavy atom. The van der Waals surface area contributed by atoms with Gasteiger partial charge >= 0.3 is 0 Å². The molecule has 0 saturated heterocycles. The number of rotatable bonds is 4.